The highest BCUT2D eigenvalue weighted by Gasteiger charge is 2.28. The molecule has 0 saturated heterocycles. The molecule has 1 heterocycles. The molecule has 1 aliphatic rings. The number of benzene rings is 2. The number of methoxy groups -OCH3 is 2. The monoisotopic (exact) mass is 416 g/mol. The maximum absolute atomic E-state index is 14.6. The van der Waals surface area contributed by atoms with Crippen LogP contribution >= 0.6 is 0 Å². The first-order valence-electron chi connectivity index (χ1n) is 9.60. The van der Waals surface area contributed by atoms with Crippen LogP contribution in [-0.4, -0.2) is 38.4 Å². The van der Waals surface area contributed by atoms with E-state index >= 15 is 0 Å². The maximum atomic E-state index is 14.6. The lowest BCUT2D eigenvalue weighted by Crippen LogP contribution is -2.24. The van der Waals surface area contributed by atoms with Crippen LogP contribution < -0.4 is 9.47 Å². The zero-order chi connectivity index (χ0) is 22.1. The highest BCUT2D eigenvalue weighted by atomic mass is 19.1. The molecule has 160 valence electrons. The van der Waals surface area contributed by atoms with Crippen molar-refractivity contribution in [1.29, 1.82) is 0 Å². The van der Waals surface area contributed by atoms with E-state index in [1.165, 1.54) is 26.4 Å². The molecule has 0 fully saturated rings. The fourth-order valence-corrected chi connectivity index (χ4v) is 3.44. The van der Waals surface area contributed by atoms with E-state index in [1.807, 2.05) is 0 Å². The second-order valence-corrected chi connectivity index (χ2v) is 8.01. The topological polar surface area (TPSA) is 71.1 Å². The highest BCUT2D eigenvalue weighted by molar-refractivity contribution is 5.94. The summed E-state index contributed by atoms with van der Waals surface area (Å²) >= 11 is 0. The molecule has 7 heteroatoms. The molecule has 0 aliphatic carbocycles. The minimum atomic E-state index is -0.715. The zero-order valence-corrected chi connectivity index (χ0v) is 17.8. The van der Waals surface area contributed by atoms with Gasteiger partial charge in [-0.15, -0.1) is 0 Å². The Morgan fingerprint density at radius 3 is 2.43 bits per heavy atom. The molecule has 2 aromatic carbocycles. The van der Waals surface area contributed by atoms with E-state index in [0.29, 0.717) is 47.6 Å². The number of halogens is 1. The lowest BCUT2D eigenvalue weighted by molar-refractivity contribution is 0.00645. The molecule has 0 bridgehead atoms. The molecular weight excluding hydrogens is 391 g/mol. The zero-order valence-electron chi connectivity index (χ0n) is 17.8. The van der Waals surface area contributed by atoms with Gasteiger partial charge >= 0.3 is 11.9 Å². The standard InChI is InChI=1S/C23H25FO6/c1-23(2,3)30-22(26)15-7-6-13(11-18(15)24)10-14-12-17(21(25)28-5)20(27-4)16-8-9-29-19(14)16/h6-7,11-12H,8-10H2,1-5H3. The smallest absolute Gasteiger partial charge is 0.341 e. The van der Waals surface area contributed by atoms with Gasteiger partial charge in [0, 0.05) is 18.4 Å². The molecule has 6 nitrogen and oxygen atoms in total. The van der Waals surface area contributed by atoms with Crippen LogP contribution in [0.3, 0.4) is 0 Å². The molecule has 3 rings (SSSR count). The Morgan fingerprint density at radius 2 is 1.83 bits per heavy atom. The third-order valence-corrected chi connectivity index (χ3v) is 4.66. The fraction of sp³-hybridized carbons (Fsp3) is 0.391. The molecule has 1 aliphatic heterocycles. The van der Waals surface area contributed by atoms with Crippen molar-refractivity contribution in [2.75, 3.05) is 20.8 Å². The molecule has 0 spiro atoms. The summed E-state index contributed by atoms with van der Waals surface area (Å²) in [6.45, 7) is 5.64. The predicted octanol–water partition coefficient (Wildman–Crippen LogP) is 4.10. The average molecular weight is 416 g/mol. The van der Waals surface area contributed by atoms with Crippen LogP contribution in [0.4, 0.5) is 4.39 Å². The van der Waals surface area contributed by atoms with Crippen molar-refractivity contribution in [2.24, 2.45) is 0 Å². The Kier molecular flexibility index (Phi) is 6.01. The largest absolute Gasteiger partial charge is 0.495 e. The average Bonchev–Trinajstić information content (AvgIpc) is 3.15. The van der Waals surface area contributed by atoms with Crippen molar-refractivity contribution in [2.45, 2.75) is 39.2 Å². The van der Waals surface area contributed by atoms with E-state index in [9.17, 15) is 14.0 Å². The first-order valence-corrected chi connectivity index (χ1v) is 9.60. The molecule has 0 amide bonds. The summed E-state index contributed by atoms with van der Waals surface area (Å²) in [5.41, 5.74) is 1.59. The molecular formula is C23H25FO6. The van der Waals surface area contributed by atoms with Gasteiger partial charge < -0.3 is 18.9 Å². The van der Waals surface area contributed by atoms with Crippen molar-refractivity contribution >= 4 is 11.9 Å². The lowest BCUT2D eigenvalue weighted by atomic mass is 9.96. The van der Waals surface area contributed by atoms with Crippen LogP contribution in [0.15, 0.2) is 24.3 Å². The van der Waals surface area contributed by atoms with Crippen LogP contribution in [0, 0.1) is 5.82 Å². The molecule has 0 N–H and O–H groups in total. The predicted molar refractivity (Wildman–Crippen MR) is 108 cm³/mol. The van der Waals surface area contributed by atoms with Gasteiger partial charge in [-0.25, -0.2) is 14.0 Å². The minimum Gasteiger partial charge on any atom is -0.495 e. The molecule has 0 saturated carbocycles. The number of esters is 2. The van der Waals surface area contributed by atoms with Gasteiger partial charge in [-0.05, 0) is 50.1 Å². The van der Waals surface area contributed by atoms with Crippen molar-refractivity contribution < 1.29 is 32.9 Å². The van der Waals surface area contributed by atoms with Crippen LogP contribution in [0.2, 0.25) is 0 Å². The van der Waals surface area contributed by atoms with Gasteiger partial charge in [-0.3, -0.25) is 0 Å². The number of hydrogen-bond acceptors (Lipinski definition) is 6. The normalized spacial score (nSPS) is 12.7. The summed E-state index contributed by atoms with van der Waals surface area (Å²) in [5.74, 6) is -0.829. The van der Waals surface area contributed by atoms with E-state index in [2.05, 4.69) is 0 Å². The van der Waals surface area contributed by atoms with E-state index in [-0.39, 0.29) is 5.56 Å². The van der Waals surface area contributed by atoms with Gasteiger partial charge in [0.15, 0.2) is 0 Å². The fourth-order valence-electron chi connectivity index (χ4n) is 3.44. The van der Waals surface area contributed by atoms with Crippen LogP contribution in [0.1, 0.15) is 58.2 Å². The minimum absolute atomic E-state index is 0.125. The van der Waals surface area contributed by atoms with Gasteiger partial charge in [0.1, 0.15) is 28.5 Å². The van der Waals surface area contributed by atoms with Gasteiger partial charge in [-0.2, -0.15) is 0 Å². The first kappa shape index (κ1) is 21.6. The number of carbonyl (C=O) groups is 2. The van der Waals surface area contributed by atoms with Crippen molar-refractivity contribution in [3.8, 4) is 11.5 Å². The Balaban J connectivity index is 1.95. The number of rotatable bonds is 5. The van der Waals surface area contributed by atoms with Gasteiger partial charge in [0.25, 0.3) is 0 Å². The number of fused-ring (bicyclic) bond motifs is 1. The van der Waals surface area contributed by atoms with Crippen molar-refractivity contribution in [3.05, 3.63) is 57.9 Å². The lowest BCUT2D eigenvalue weighted by Gasteiger charge is -2.19. The number of carbonyl (C=O) groups excluding carboxylic acids is 2. The van der Waals surface area contributed by atoms with E-state index in [4.69, 9.17) is 18.9 Å². The molecule has 0 aromatic heterocycles. The van der Waals surface area contributed by atoms with E-state index in [0.717, 1.165) is 5.56 Å². The third-order valence-electron chi connectivity index (χ3n) is 4.66. The molecule has 0 radical (unpaired) electrons. The molecule has 0 atom stereocenters. The van der Waals surface area contributed by atoms with Gasteiger partial charge in [0.2, 0.25) is 0 Å². The molecule has 2 aromatic rings. The maximum Gasteiger partial charge on any atom is 0.341 e. The second-order valence-electron chi connectivity index (χ2n) is 8.01. The van der Waals surface area contributed by atoms with Gasteiger partial charge in [-0.1, -0.05) is 6.07 Å². The Labute approximate surface area is 174 Å². The Morgan fingerprint density at radius 1 is 1.10 bits per heavy atom. The SMILES string of the molecule is COC(=O)c1cc(Cc2ccc(C(=O)OC(C)(C)C)c(F)c2)c2c(c1OC)CCO2. The summed E-state index contributed by atoms with van der Waals surface area (Å²) < 4.78 is 35.9. The number of ether oxygens (including phenoxy) is 4. The third kappa shape index (κ3) is 4.40. The Bertz CT molecular complexity index is 990. The van der Waals surface area contributed by atoms with Crippen LogP contribution in [0.5, 0.6) is 11.5 Å². The number of hydrogen-bond donors (Lipinski definition) is 0. The molecule has 0 unspecified atom stereocenters. The van der Waals surface area contributed by atoms with Crippen molar-refractivity contribution in [3.63, 3.8) is 0 Å². The van der Waals surface area contributed by atoms with Crippen LogP contribution in [-0.2, 0) is 22.3 Å². The first-order chi connectivity index (χ1) is 14.1. The summed E-state index contributed by atoms with van der Waals surface area (Å²) in [5, 5.41) is 0. The summed E-state index contributed by atoms with van der Waals surface area (Å²) in [6.07, 6.45) is 0.907. The second kappa shape index (κ2) is 8.34. The Hall–Kier alpha value is -3.09. The summed E-state index contributed by atoms with van der Waals surface area (Å²) in [7, 11) is 2.79. The van der Waals surface area contributed by atoms with Crippen LogP contribution in [0.25, 0.3) is 0 Å². The van der Waals surface area contributed by atoms with E-state index in [1.54, 1.807) is 32.9 Å². The summed E-state index contributed by atoms with van der Waals surface area (Å²) in [6, 6.07) is 6.01. The van der Waals surface area contributed by atoms with E-state index < -0.39 is 23.4 Å². The summed E-state index contributed by atoms with van der Waals surface area (Å²) in [4.78, 5) is 24.4. The van der Waals surface area contributed by atoms with Crippen molar-refractivity contribution in [1.82, 2.24) is 0 Å². The quantitative estimate of drug-likeness (QED) is 0.684. The van der Waals surface area contributed by atoms with Gasteiger partial charge in [0.05, 0.1) is 26.4 Å². The molecule has 30 heavy (non-hydrogen) atoms. The highest BCUT2D eigenvalue weighted by Crippen LogP contribution is 2.40.